The number of hydrogen-bond donors (Lipinski definition) is 2. The minimum Gasteiger partial charge on any atom is -0.347 e. The Morgan fingerprint density at radius 2 is 1.24 bits per heavy atom. The van der Waals surface area contributed by atoms with Gasteiger partial charge in [-0.1, -0.05) is 13.2 Å². The van der Waals surface area contributed by atoms with Gasteiger partial charge in [0.15, 0.2) is 0 Å². The lowest BCUT2D eigenvalue weighted by molar-refractivity contribution is -0.889. The second kappa shape index (κ2) is 13.9. The summed E-state index contributed by atoms with van der Waals surface area (Å²) in [6.07, 6.45) is 1.59. The highest BCUT2D eigenvalue weighted by Gasteiger charge is 2.25. The second-order valence-corrected chi connectivity index (χ2v) is 13.2. The van der Waals surface area contributed by atoms with E-state index in [-0.39, 0.29) is 24.7 Å². The van der Waals surface area contributed by atoms with Gasteiger partial charge in [0.05, 0.1) is 79.0 Å². The molecule has 0 unspecified atom stereocenters. The monoisotopic (exact) mass is 526 g/mol. The fourth-order valence-electron chi connectivity index (χ4n) is 2.97. The first kappa shape index (κ1) is 32.2. The summed E-state index contributed by atoms with van der Waals surface area (Å²) in [4.78, 5) is 22.7. The SMILES string of the molecule is C=CC(=O)NCC[N+](C)(C)CCCS(=O)(=O)OS(=O)(=O)CCC[N+](C)(C)CCNC(=O)C(=C)C. The summed E-state index contributed by atoms with van der Waals surface area (Å²) in [6, 6.07) is 0. The van der Waals surface area contributed by atoms with Crippen molar-refractivity contribution in [1.82, 2.24) is 10.6 Å². The molecule has 0 bridgehead atoms. The molecule has 0 spiro atoms. The molecule has 0 aromatic heterocycles. The molecule has 13 heteroatoms. The van der Waals surface area contributed by atoms with E-state index in [4.69, 9.17) is 0 Å². The molecular formula is C21H42N4O7S2+2. The molecule has 11 nitrogen and oxygen atoms in total. The Morgan fingerprint density at radius 3 is 1.62 bits per heavy atom. The number of carbonyl (C=O) groups excluding carboxylic acids is 2. The van der Waals surface area contributed by atoms with Gasteiger partial charge in [-0.3, -0.25) is 9.59 Å². The highest BCUT2D eigenvalue weighted by molar-refractivity contribution is 7.99. The van der Waals surface area contributed by atoms with E-state index in [9.17, 15) is 26.4 Å². The van der Waals surface area contributed by atoms with E-state index in [2.05, 4.69) is 27.4 Å². The Kier molecular flexibility index (Phi) is 13.2. The molecule has 198 valence electrons. The van der Waals surface area contributed by atoms with Crippen molar-refractivity contribution in [3.63, 3.8) is 0 Å². The molecule has 34 heavy (non-hydrogen) atoms. The van der Waals surface area contributed by atoms with Gasteiger partial charge in [0, 0.05) is 18.4 Å². The Hall–Kier alpha value is -1.80. The van der Waals surface area contributed by atoms with Crippen LogP contribution in [0.1, 0.15) is 19.8 Å². The molecule has 0 atom stereocenters. The maximum absolute atomic E-state index is 12.2. The Bertz CT molecular complexity index is 927. The predicted octanol–water partition coefficient (Wildman–Crippen LogP) is -0.410. The van der Waals surface area contributed by atoms with Crippen LogP contribution >= 0.6 is 0 Å². The summed E-state index contributed by atoms with van der Waals surface area (Å²) in [6.45, 7) is 11.4. The minimum atomic E-state index is -4.24. The van der Waals surface area contributed by atoms with E-state index < -0.39 is 31.7 Å². The number of amides is 2. The van der Waals surface area contributed by atoms with E-state index in [1.807, 2.05) is 28.2 Å². The van der Waals surface area contributed by atoms with Crippen LogP contribution in [0.2, 0.25) is 0 Å². The number of nitrogens with one attached hydrogen (secondary N) is 2. The van der Waals surface area contributed by atoms with Crippen molar-refractivity contribution in [3.8, 4) is 0 Å². The van der Waals surface area contributed by atoms with Gasteiger partial charge >= 0.3 is 0 Å². The Labute approximate surface area is 205 Å². The van der Waals surface area contributed by atoms with Gasteiger partial charge in [0.2, 0.25) is 11.8 Å². The zero-order valence-electron chi connectivity index (χ0n) is 21.1. The van der Waals surface area contributed by atoms with Crippen LogP contribution in [0.25, 0.3) is 0 Å². The zero-order valence-corrected chi connectivity index (χ0v) is 22.8. The van der Waals surface area contributed by atoms with Crippen molar-refractivity contribution >= 4 is 32.1 Å². The molecule has 2 N–H and O–H groups in total. The van der Waals surface area contributed by atoms with E-state index >= 15 is 0 Å². The van der Waals surface area contributed by atoms with Crippen molar-refractivity contribution in [2.24, 2.45) is 0 Å². The number of hydrogen-bond acceptors (Lipinski definition) is 7. The lowest BCUT2D eigenvalue weighted by Gasteiger charge is -2.30. The van der Waals surface area contributed by atoms with Gasteiger partial charge in [-0.2, -0.15) is 16.8 Å². The first-order valence-corrected chi connectivity index (χ1v) is 14.2. The number of likely N-dealkylation sites (N-methyl/N-ethyl adjacent to an activating group) is 2. The van der Waals surface area contributed by atoms with Gasteiger partial charge in [0.1, 0.15) is 0 Å². The summed E-state index contributed by atoms with van der Waals surface area (Å²) >= 11 is 0. The van der Waals surface area contributed by atoms with Gasteiger partial charge < -0.3 is 19.6 Å². The largest absolute Gasteiger partial charge is 0.347 e. The third kappa shape index (κ3) is 15.9. The fourth-order valence-corrected chi connectivity index (χ4v) is 5.74. The number of quaternary nitrogens is 2. The molecule has 0 aromatic rings. The number of nitrogens with zero attached hydrogens (tertiary/aromatic N) is 2. The average Bonchev–Trinajstić information content (AvgIpc) is 2.65. The molecule has 0 saturated heterocycles. The lowest BCUT2D eigenvalue weighted by atomic mass is 10.3. The quantitative estimate of drug-likeness (QED) is 0.183. The Morgan fingerprint density at radius 1 is 0.824 bits per heavy atom. The fraction of sp³-hybridized carbons (Fsp3) is 0.714. The molecule has 0 aliphatic rings. The lowest BCUT2D eigenvalue weighted by Crippen LogP contribution is -2.46. The van der Waals surface area contributed by atoms with Crippen LogP contribution in [0.15, 0.2) is 24.8 Å². The third-order valence-electron chi connectivity index (χ3n) is 5.11. The number of carbonyl (C=O) groups is 2. The summed E-state index contributed by atoms with van der Waals surface area (Å²) in [5, 5.41) is 5.38. The molecule has 0 saturated carbocycles. The van der Waals surface area contributed by atoms with E-state index in [0.717, 1.165) is 0 Å². The molecular weight excluding hydrogens is 484 g/mol. The van der Waals surface area contributed by atoms with Gasteiger partial charge in [-0.25, -0.2) is 0 Å². The van der Waals surface area contributed by atoms with Crippen LogP contribution in [-0.2, 0) is 33.5 Å². The van der Waals surface area contributed by atoms with Crippen LogP contribution in [0.4, 0.5) is 0 Å². The minimum absolute atomic E-state index is 0.208. The average molecular weight is 527 g/mol. The second-order valence-electron chi connectivity index (χ2n) is 9.60. The highest BCUT2D eigenvalue weighted by atomic mass is 32.3. The topological polar surface area (TPSA) is 136 Å². The van der Waals surface area contributed by atoms with Crippen molar-refractivity contribution in [3.05, 3.63) is 24.8 Å². The molecule has 0 rings (SSSR count). The highest BCUT2D eigenvalue weighted by Crippen LogP contribution is 2.09. The first-order chi connectivity index (χ1) is 15.4. The summed E-state index contributed by atoms with van der Waals surface area (Å²) in [5.41, 5.74) is 0.411. The smallest absolute Gasteiger partial charge is 0.282 e. The van der Waals surface area contributed by atoms with Crippen LogP contribution in [-0.4, -0.2) is 117 Å². The van der Waals surface area contributed by atoms with Crippen molar-refractivity contribution in [1.29, 1.82) is 0 Å². The maximum Gasteiger partial charge on any atom is 0.282 e. The summed E-state index contributed by atoms with van der Waals surface area (Å²) in [5.74, 6) is -1.35. The molecule has 0 radical (unpaired) electrons. The first-order valence-electron chi connectivity index (χ1n) is 11.0. The molecule has 0 aliphatic carbocycles. The standard InChI is InChI=1S/C21H40N4O7S2/c1-8-20(26)22-11-15-24(4,5)13-9-17-33(28,29)32-34(30,31)18-10-14-25(6,7)16-12-23-21(27)19(2)3/h8H,1-2,9-18H2,3-7H3/p+2. The normalized spacial score (nSPS) is 12.7. The van der Waals surface area contributed by atoms with Crippen LogP contribution in [0.5, 0.6) is 0 Å². The van der Waals surface area contributed by atoms with Crippen molar-refractivity contribution in [2.45, 2.75) is 19.8 Å². The van der Waals surface area contributed by atoms with Gasteiger partial charge in [-0.15, -0.1) is 3.63 Å². The molecule has 0 fully saturated rings. The number of rotatable bonds is 18. The molecule has 2 amide bonds. The van der Waals surface area contributed by atoms with E-state index in [1.54, 1.807) is 6.92 Å². The predicted molar refractivity (Wildman–Crippen MR) is 133 cm³/mol. The molecule has 0 aromatic carbocycles. The molecule has 0 heterocycles. The van der Waals surface area contributed by atoms with E-state index in [0.29, 0.717) is 53.8 Å². The van der Waals surface area contributed by atoms with E-state index in [1.165, 1.54) is 6.08 Å². The maximum atomic E-state index is 12.2. The summed E-state index contributed by atoms with van der Waals surface area (Å²) in [7, 11) is -0.936. The van der Waals surface area contributed by atoms with Crippen molar-refractivity contribution < 1.29 is 39.0 Å². The molecule has 0 aliphatic heterocycles. The van der Waals surface area contributed by atoms with Gasteiger partial charge in [0.25, 0.3) is 20.2 Å². The van der Waals surface area contributed by atoms with Crippen molar-refractivity contribution in [2.75, 3.05) is 79.0 Å². The van der Waals surface area contributed by atoms with Gasteiger partial charge in [-0.05, 0) is 13.0 Å². The third-order valence-corrected chi connectivity index (χ3v) is 8.35. The zero-order chi connectivity index (χ0) is 26.6. The van der Waals surface area contributed by atoms with Crippen LogP contribution < -0.4 is 10.6 Å². The Balaban J connectivity index is 4.45. The van der Waals surface area contributed by atoms with Crippen LogP contribution in [0, 0.1) is 0 Å². The summed E-state index contributed by atoms with van der Waals surface area (Å²) < 4.78 is 54.1. The van der Waals surface area contributed by atoms with Crippen LogP contribution in [0.3, 0.4) is 0 Å².